The summed E-state index contributed by atoms with van der Waals surface area (Å²) in [5.41, 5.74) is 0.244. The Balaban J connectivity index is 0.00000288. The first kappa shape index (κ1) is 20.8. The number of hydrogen-bond acceptors (Lipinski definition) is 5. The van der Waals surface area contributed by atoms with Gasteiger partial charge in [0.25, 0.3) is 5.69 Å². The van der Waals surface area contributed by atoms with E-state index in [1.54, 1.807) is 6.92 Å². The Hall–Kier alpha value is -1.22. The summed E-state index contributed by atoms with van der Waals surface area (Å²) in [6, 6.07) is 3.99. The molecule has 1 unspecified atom stereocenters. The van der Waals surface area contributed by atoms with Gasteiger partial charge in [-0.1, -0.05) is 19.9 Å². The van der Waals surface area contributed by atoms with Gasteiger partial charge >= 0.3 is 0 Å². The molecule has 1 aromatic carbocycles. The van der Waals surface area contributed by atoms with Crippen LogP contribution in [0.4, 0.5) is 5.69 Å². The van der Waals surface area contributed by atoms with Gasteiger partial charge in [-0.05, 0) is 37.8 Å². The fraction of sp³-hybridized carbons (Fsp3) is 0.600. The summed E-state index contributed by atoms with van der Waals surface area (Å²) in [6.45, 7) is 6.92. The van der Waals surface area contributed by atoms with Crippen molar-refractivity contribution < 1.29 is 13.3 Å². The SMILES string of the molecule is Cc1ccc(S(=O)(=O)NCC2NCCCC2(C)C)cc1[N+](=O)[O-].Cl. The number of piperidine rings is 1. The van der Waals surface area contributed by atoms with Crippen molar-refractivity contribution in [1.29, 1.82) is 0 Å². The molecule has 1 atom stereocenters. The number of nitro groups is 1. The van der Waals surface area contributed by atoms with E-state index in [-0.39, 0.29) is 41.0 Å². The summed E-state index contributed by atoms with van der Waals surface area (Å²) in [5, 5.41) is 14.3. The van der Waals surface area contributed by atoms with Gasteiger partial charge in [0.1, 0.15) is 0 Å². The van der Waals surface area contributed by atoms with Gasteiger partial charge in [-0.25, -0.2) is 13.1 Å². The topological polar surface area (TPSA) is 101 Å². The molecule has 136 valence electrons. The van der Waals surface area contributed by atoms with Gasteiger partial charge in [-0.15, -0.1) is 12.4 Å². The van der Waals surface area contributed by atoms with Crippen LogP contribution in [-0.4, -0.2) is 32.5 Å². The van der Waals surface area contributed by atoms with Crippen LogP contribution in [0.2, 0.25) is 0 Å². The van der Waals surface area contributed by atoms with Crippen molar-refractivity contribution in [1.82, 2.24) is 10.0 Å². The van der Waals surface area contributed by atoms with Crippen molar-refractivity contribution in [2.24, 2.45) is 5.41 Å². The van der Waals surface area contributed by atoms with Gasteiger partial charge in [0.2, 0.25) is 10.0 Å². The number of rotatable bonds is 5. The largest absolute Gasteiger partial charge is 0.312 e. The van der Waals surface area contributed by atoms with Gasteiger partial charge in [0.05, 0.1) is 9.82 Å². The van der Waals surface area contributed by atoms with Crippen LogP contribution in [0.3, 0.4) is 0 Å². The lowest BCUT2D eigenvalue weighted by atomic mass is 9.78. The highest BCUT2D eigenvalue weighted by Gasteiger charge is 2.33. The Morgan fingerprint density at radius 1 is 1.42 bits per heavy atom. The van der Waals surface area contributed by atoms with Gasteiger partial charge in [0, 0.05) is 24.2 Å². The Morgan fingerprint density at radius 3 is 2.67 bits per heavy atom. The van der Waals surface area contributed by atoms with Gasteiger partial charge in [-0.3, -0.25) is 10.1 Å². The van der Waals surface area contributed by atoms with Crippen molar-refractivity contribution in [3.05, 3.63) is 33.9 Å². The lowest BCUT2D eigenvalue weighted by Gasteiger charge is -2.39. The molecule has 1 aliphatic rings. The molecule has 0 saturated carbocycles. The summed E-state index contributed by atoms with van der Waals surface area (Å²) in [4.78, 5) is 10.3. The smallest absolute Gasteiger partial charge is 0.273 e. The summed E-state index contributed by atoms with van der Waals surface area (Å²) in [6.07, 6.45) is 2.10. The first-order chi connectivity index (χ1) is 10.6. The molecule has 0 radical (unpaired) electrons. The van der Waals surface area contributed by atoms with Crippen molar-refractivity contribution >= 4 is 28.1 Å². The Kier molecular flexibility index (Phi) is 6.75. The van der Waals surface area contributed by atoms with Crippen molar-refractivity contribution in [2.75, 3.05) is 13.1 Å². The molecule has 0 spiro atoms. The maximum Gasteiger partial charge on any atom is 0.273 e. The van der Waals surface area contributed by atoms with Crippen LogP contribution in [0, 0.1) is 22.5 Å². The van der Waals surface area contributed by atoms with Crippen molar-refractivity contribution in [2.45, 2.75) is 44.6 Å². The lowest BCUT2D eigenvalue weighted by molar-refractivity contribution is -0.385. The third-order valence-electron chi connectivity index (χ3n) is 4.50. The fourth-order valence-corrected chi connectivity index (χ4v) is 3.92. The predicted octanol–water partition coefficient (Wildman–Crippen LogP) is 2.38. The average molecular weight is 378 g/mol. The van der Waals surface area contributed by atoms with Gasteiger partial charge in [-0.2, -0.15) is 0 Å². The minimum atomic E-state index is -3.78. The summed E-state index contributed by atoms with van der Waals surface area (Å²) in [5.74, 6) is 0. The van der Waals surface area contributed by atoms with Gasteiger partial charge < -0.3 is 5.32 Å². The molecule has 1 aliphatic heterocycles. The van der Waals surface area contributed by atoms with E-state index in [0.717, 1.165) is 25.5 Å². The fourth-order valence-electron chi connectivity index (χ4n) is 2.85. The molecule has 1 aromatic rings. The second-order valence-corrected chi connectivity index (χ2v) is 8.42. The highest BCUT2D eigenvalue weighted by molar-refractivity contribution is 7.89. The number of aryl methyl sites for hydroxylation is 1. The maximum atomic E-state index is 12.4. The van der Waals surface area contributed by atoms with Crippen LogP contribution in [0.1, 0.15) is 32.3 Å². The minimum absolute atomic E-state index is 0. The molecule has 0 aliphatic carbocycles. The molecule has 1 heterocycles. The molecule has 0 amide bonds. The first-order valence-electron chi connectivity index (χ1n) is 7.61. The highest BCUT2D eigenvalue weighted by atomic mass is 35.5. The molecular weight excluding hydrogens is 354 g/mol. The van der Waals surface area contributed by atoms with Crippen LogP contribution in [0.15, 0.2) is 23.1 Å². The zero-order valence-corrected chi connectivity index (χ0v) is 15.7. The van der Waals surface area contributed by atoms with E-state index in [1.807, 2.05) is 0 Å². The molecule has 1 fully saturated rings. The Labute approximate surface area is 148 Å². The highest BCUT2D eigenvalue weighted by Crippen LogP contribution is 2.30. The maximum absolute atomic E-state index is 12.4. The number of nitro benzene ring substituents is 1. The van der Waals surface area contributed by atoms with Crippen LogP contribution < -0.4 is 10.0 Å². The number of benzene rings is 1. The number of hydrogen-bond donors (Lipinski definition) is 2. The molecule has 2 N–H and O–H groups in total. The number of halogens is 1. The average Bonchev–Trinajstić information content (AvgIpc) is 2.45. The Morgan fingerprint density at radius 2 is 2.08 bits per heavy atom. The molecule has 2 rings (SSSR count). The van der Waals surface area contributed by atoms with Crippen LogP contribution >= 0.6 is 12.4 Å². The van der Waals surface area contributed by atoms with Crippen LogP contribution in [-0.2, 0) is 10.0 Å². The first-order valence-corrected chi connectivity index (χ1v) is 9.10. The molecule has 7 nitrogen and oxygen atoms in total. The van der Waals surface area contributed by atoms with E-state index in [0.29, 0.717) is 5.56 Å². The second-order valence-electron chi connectivity index (χ2n) is 6.66. The van der Waals surface area contributed by atoms with E-state index in [4.69, 9.17) is 0 Å². The standard InChI is InChI=1S/C15H23N3O4S.ClH/c1-11-5-6-12(9-13(11)18(19)20)23(21,22)17-10-14-15(2,3)7-4-8-16-14;/h5-6,9,14,16-17H,4,7-8,10H2,1-3H3;1H. The van der Waals surface area contributed by atoms with E-state index < -0.39 is 14.9 Å². The van der Waals surface area contributed by atoms with E-state index in [9.17, 15) is 18.5 Å². The van der Waals surface area contributed by atoms with E-state index in [1.165, 1.54) is 12.1 Å². The molecule has 0 bridgehead atoms. The van der Waals surface area contributed by atoms with E-state index in [2.05, 4.69) is 23.9 Å². The summed E-state index contributed by atoms with van der Waals surface area (Å²) < 4.78 is 27.4. The number of sulfonamides is 1. The van der Waals surface area contributed by atoms with Crippen molar-refractivity contribution in [3.63, 3.8) is 0 Å². The Bertz CT molecular complexity index is 707. The van der Waals surface area contributed by atoms with Crippen LogP contribution in [0.5, 0.6) is 0 Å². The number of nitrogens with zero attached hydrogens (tertiary/aromatic N) is 1. The summed E-state index contributed by atoms with van der Waals surface area (Å²) in [7, 11) is -3.78. The third-order valence-corrected chi connectivity index (χ3v) is 5.92. The normalized spacial score (nSPS) is 20.2. The second kappa shape index (κ2) is 7.77. The predicted molar refractivity (Wildman–Crippen MR) is 95.1 cm³/mol. The van der Waals surface area contributed by atoms with E-state index >= 15 is 0 Å². The van der Waals surface area contributed by atoms with Crippen LogP contribution in [0.25, 0.3) is 0 Å². The van der Waals surface area contributed by atoms with Gasteiger partial charge in [0.15, 0.2) is 0 Å². The minimum Gasteiger partial charge on any atom is -0.312 e. The zero-order chi connectivity index (χ0) is 17.3. The molecule has 0 aromatic heterocycles. The molecule has 24 heavy (non-hydrogen) atoms. The quantitative estimate of drug-likeness (QED) is 0.606. The monoisotopic (exact) mass is 377 g/mol. The summed E-state index contributed by atoms with van der Waals surface area (Å²) >= 11 is 0. The molecular formula is C15H24ClN3O4S. The number of nitrogens with one attached hydrogen (secondary N) is 2. The zero-order valence-electron chi connectivity index (χ0n) is 14.0. The van der Waals surface area contributed by atoms with Crippen molar-refractivity contribution in [3.8, 4) is 0 Å². The molecule has 9 heteroatoms. The lowest BCUT2D eigenvalue weighted by Crippen LogP contribution is -2.52. The molecule has 1 saturated heterocycles. The third kappa shape index (κ3) is 4.66.